The molecule has 0 saturated heterocycles. The van der Waals surface area contributed by atoms with Crippen molar-refractivity contribution in [3.63, 3.8) is 0 Å². The Morgan fingerprint density at radius 2 is 0.862 bits per heavy atom. The normalized spacial score (nSPS) is 14.5. The zero-order valence-electron chi connectivity index (χ0n) is 42.7. The van der Waals surface area contributed by atoms with E-state index in [1.54, 1.807) is 0 Å². The molecule has 14 nitrogen and oxygen atoms in total. The summed E-state index contributed by atoms with van der Waals surface area (Å²) < 4.78 is 48.7. The van der Waals surface area contributed by atoms with Gasteiger partial charge in [0.25, 0.3) is 15.6 Å². The van der Waals surface area contributed by atoms with Gasteiger partial charge in [0, 0.05) is 12.8 Å². The molecule has 0 rings (SSSR count). The minimum atomic E-state index is -4.62. The van der Waals surface area contributed by atoms with E-state index in [-0.39, 0.29) is 32.7 Å². The summed E-state index contributed by atoms with van der Waals surface area (Å²) >= 11 is 0. The molecule has 2 unspecified atom stereocenters. The van der Waals surface area contributed by atoms with Gasteiger partial charge in [-0.25, -0.2) is 0 Å². The highest BCUT2D eigenvalue weighted by Crippen LogP contribution is 2.38. The predicted octanol–water partition coefficient (Wildman–Crippen LogP) is 10.9. The van der Waals surface area contributed by atoms with Crippen molar-refractivity contribution in [3.05, 3.63) is 24.3 Å². The first-order chi connectivity index (χ1) is 30.7. The van der Waals surface area contributed by atoms with Gasteiger partial charge in [-0.3, -0.25) is 18.7 Å². The molecular weight excluding hydrogens is 870 g/mol. The molecule has 16 heteroatoms. The quantitative estimate of drug-likeness (QED) is 0.0201. The van der Waals surface area contributed by atoms with Gasteiger partial charge >= 0.3 is 11.9 Å². The van der Waals surface area contributed by atoms with Gasteiger partial charge in [0.1, 0.15) is 32.9 Å². The zero-order valence-corrected chi connectivity index (χ0v) is 44.4. The van der Waals surface area contributed by atoms with E-state index in [1.165, 1.54) is 89.9 Å². The number of likely N-dealkylation sites (N-methyl/N-ethyl adjacent to an activating group) is 2. The Labute approximate surface area is 397 Å². The summed E-state index contributed by atoms with van der Waals surface area (Å²) in [6, 6.07) is 0. The molecule has 0 aromatic heterocycles. The highest BCUT2D eigenvalue weighted by atomic mass is 31.2. The molecule has 0 aromatic carbocycles. The van der Waals surface area contributed by atoms with Crippen LogP contribution in [0, 0.1) is 0 Å². The maximum atomic E-state index is 12.7. The molecule has 0 heterocycles. The van der Waals surface area contributed by atoms with E-state index in [0.717, 1.165) is 70.6 Å². The van der Waals surface area contributed by atoms with Crippen LogP contribution < -0.4 is 9.79 Å². The molecule has 3 atom stereocenters. The number of quaternary nitrogens is 2. The van der Waals surface area contributed by atoms with E-state index in [2.05, 4.69) is 42.7 Å². The average Bonchev–Trinajstić information content (AvgIpc) is 3.20. The fraction of sp³-hybridized carbons (Fsp3) is 0.878. The second kappa shape index (κ2) is 42.6. The van der Waals surface area contributed by atoms with Crippen LogP contribution in [0.15, 0.2) is 24.3 Å². The average molecular weight is 969 g/mol. The number of esters is 2. The Morgan fingerprint density at radius 3 is 1.25 bits per heavy atom. The number of unbranched alkanes of at least 4 members (excludes halogenated alkanes) is 22. The van der Waals surface area contributed by atoms with E-state index in [1.807, 2.05) is 42.3 Å². The van der Waals surface area contributed by atoms with Crippen LogP contribution in [0.5, 0.6) is 0 Å². The Balaban J connectivity index is 0. The summed E-state index contributed by atoms with van der Waals surface area (Å²) in [5.74, 6) is -0.850. The van der Waals surface area contributed by atoms with Crippen LogP contribution >= 0.6 is 15.6 Å². The number of carbonyl (C=O) groups excluding carboxylic acids is 2. The number of carbonyl (C=O) groups is 2. The molecule has 0 aliphatic carbocycles. The molecule has 65 heavy (non-hydrogen) atoms. The first-order valence-corrected chi connectivity index (χ1v) is 28.2. The standard InChI is InChI=1S/C44H84NO8P.C5H14NO4P/c1-6-8-10-12-14-16-18-20-22-24-26-28-30-32-34-36-43(46)50-40-42(41-52-54(48,49)51-39-38-45(3,4)5)53-44(47)37-35-33-31-29-27-25-23-21-19-17-15-13-11-9-7-2;1-6(2,3)4-5-10-11(7,8)9/h20-23,42H,6-19,24-41H2,1-5H3;4-5H2,1-3H3,(H-,7,8,9)/b22-20-,23-21-;/t42-;/m1./s1. The Bertz CT molecular complexity index is 1280. The van der Waals surface area contributed by atoms with Crippen molar-refractivity contribution in [2.45, 2.75) is 200 Å². The number of rotatable bonds is 44. The molecule has 0 bridgehead atoms. The van der Waals surface area contributed by atoms with Crippen LogP contribution in [0.1, 0.15) is 194 Å². The molecule has 0 fully saturated rings. The second-order valence-corrected chi connectivity index (χ2v) is 22.0. The van der Waals surface area contributed by atoms with E-state index >= 15 is 0 Å². The van der Waals surface area contributed by atoms with E-state index in [9.17, 15) is 28.5 Å². The van der Waals surface area contributed by atoms with Crippen molar-refractivity contribution in [3.8, 4) is 0 Å². The fourth-order valence-electron chi connectivity index (χ4n) is 6.37. The van der Waals surface area contributed by atoms with Crippen molar-refractivity contribution in [1.29, 1.82) is 0 Å². The molecule has 0 aliphatic heterocycles. The van der Waals surface area contributed by atoms with Crippen molar-refractivity contribution in [2.24, 2.45) is 0 Å². The predicted molar refractivity (Wildman–Crippen MR) is 261 cm³/mol. The number of hydrogen-bond acceptors (Lipinski definition) is 11. The maximum Gasteiger partial charge on any atom is 0.306 e. The molecule has 0 amide bonds. The van der Waals surface area contributed by atoms with Crippen LogP contribution in [-0.2, 0) is 41.8 Å². The molecule has 386 valence electrons. The van der Waals surface area contributed by atoms with E-state index in [0.29, 0.717) is 28.5 Å². The van der Waals surface area contributed by atoms with Gasteiger partial charge in [0.2, 0.25) is 0 Å². The lowest BCUT2D eigenvalue weighted by molar-refractivity contribution is -0.870. The van der Waals surface area contributed by atoms with Crippen LogP contribution in [0.4, 0.5) is 0 Å². The second-order valence-electron chi connectivity index (χ2n) is 19.4. The number of phosphoric acid groups is 2. The third kappa shape index (κ3) is 56.8. The fourth-order valence-corrected chi connectivity index (χ4v) is 7.41. The van der Waals surface area contributed by atoms with Crippen LogP contribution in [0.3, 0.4) is 0 Å². The molecule has 0 radical (unpaired) electrons. The topological polar surface area (TPSA) is 181 Å². The molecule has 0 saturated carbocycles. The third-order valence-corrected chi connectivity index (χ3v) is 11.9. The minimum Gasteiger partial charge on any atom is -0.756 e. The van der Waals surface area contributed by atoms with E-state index < -0.39 is 40.3 Å². The Hall–Kier alpha value is -1.44. The van der Waals surface area contributed by atoms with Crippen molar-refractivity contribution in [1.82, 2.24) is 0 Å². The van der Waals surface area contributed by atoms with Crippen molar-refractivity contribution < 1.29 is 65.4 Å². The smallest absolute Gasteiger partial charge is 0.306 e. The largest absolute Gasteiger partial charge is 0.756 e. The number of nitrogens with zero attached hydrogens (tertiary/aromatic N) is 2. The lowest BCUT2D eigenvalue weighted by Crippen LogP contribution is -2.37. The van der Waals surface area contributed by atoms with Gasteiger partial charge in [-0.15, -0.1) is 0 Å². The molecule has 0 aliphatic rings. The van der Waals surface area contributed by atoms with Crippen LogP contribution in [0.25, 0.3) is 0 Å². The summed E-state index contributed by atoms with van der Waals surface area (Å²) in [5.41, 5.74) is 0. The Kier molecular flexibility index (Phi) is 43.1. The zero-order chi connectivity index (χ0) is 49.1. The van der Waals surface area contributed by atoms with Crippen molar-refractivity contribution >= 4 is 27.6 Å². The first-order valence-electron chi connectivity index (χ1n) is 25.2. The maximum absolute atomic E-state index is 12.7. The highest BCUT2D eigenvalue weighted by molar-refractivity contribution is 7.45. The number of hydrogen-bond donors (Lipinski definition) is 1. The Morgan fingerprint density at radius 1 is 0.508 bits per heavy atom. The lowest BCUT2D eigenvalue weighted by Gasteiger charge is -2.28. The monoisotopic (exact) mass is 969 g/mol. The number of allylic oxidation sites excluding steroid dienone is 4. The van der Waals surface area contributed by atoms with Crippen LogP contribution in [-0.4, -0.2) is 114 Å². The summed E-state index contributed by atoms with van der Waals surface area (Å²) in [6.45, 7) is 4.75. The minimum absolute atomic E-state index is 0.0147. The molecule has 1 N–H and O–H groups in total. The molecule has 0 aromatic rings. The van der Waals surface area contributed by atoms with Gasteiger partial charge < -0.3 is 46.7 Å². The lowest BCUT2D eigenvalue weighted by atomic mass is 10.1. The molecular formula is C49H98N2O12P2. The van der Waals surface area contributed by atoms with Gasteiger partial charge in [0.15, 0.2) is 6.10 Å². The SMILES string of the molecule is CCCCCCCC/C=C\CCCCCCCC(=O)OC[C@H](COP(=O)([O-])OCC[N+](C)(C)C)OC(=O)CCCCCCC/C=C\CCCCCCCC.C[N+](C)(C)CCOP(=O)([O-])O. The first kappa shape index (κ1) is 65.6. The van der Waals surface area contributed by atoms with Gasteiger partial charge in [-0.2, -0.15) is 0 Å². The van der Waals surface area contributed by atoms with Gasteiger partial charge in [-0.05, 0) is 64.2 Å². The number of ether oxygens (including phenoxy) is 2. The summed E-state index contributed by atoms with van der Waals surface area (Å²) in [4.78, 5) is 55.7. The molecule has 0 spiro atoms. The third-order valence-electron chi connectivity index (χ3n) is 10.5. The summed E-state index contributed by atoms with van der Waals surface area (Å²) in [5, 5.41) is 0. The van der Waals surface area contributed by atoms with E-state index in [4.69, 9.17) is 23.4 Å². The summed E-state index contributed by atoms with van der Waals surface area (Å²) in [7, 11) is 2.34. The van der Waals surface area contributed by atoms with Crippen molar-refractivity contribution in [2.75, 3.05) is 81.8 Å². The summed E-state index contributed by atoms with van der Waals surface area (Å²) in [6.07, 6.45) is 39.1. The number of phosphoric ester groups is 2. The highest BCUT2D eigenvalue weighted by Gasteiger charge is 2.22. The van der Waals surface area contributed by atoms with Gasteiger partial charge in [0.05, 0.1) is 48.9 Å². The van der Waals surface area contributed by atoms with Crippen LogP contribution in [0.2, 0.25) is 0 Å². The van der Waals surface area contributed by atoms with Gasteiger partial charge in [-0.1, -0.05) is 141 Å².